The Kier molecular flexibility index (Phi) is 3.30. The third kappa shape index (κ3) is 2.51. The predicted molar refractivity (Wildman–Crippen MR) is 76.3 cm³/mol. The molecular weight excluding hydrogens is 236 g/mol. The molecule has 2 saturated carbocycles. The second-order valence-electron chi connectivity index (χ2n) is 6.39. The standard InChI is InChI=1S/C17H24O2/c1-12(11-13-3-9-16(19-2)10-4-13)17(18,14-5-6-14)15-7-8-15/h3-4,9-10,12,14-15,18H,5-8,11H2,1-2H3/t12-/m1/s1. The van der Waals surface area contributed by atoms with Crippen LogP contribution in [0.15, 0.2) is 24.3 Å². The number of benzene rings is 1. The van der Waals surface area contributed by atoms with Gasteiger partial charge in [-0.2, -0.15) is 0 Å². The maximum absolute atomic E-state index is 11.1. The van der Waals surface area contributed by atoms with Gasteiger partial charge in [0.1, 0.15) is 5.75 Å². The van der Waals surface area contributed by atoms with Crippen LogP contribution in [0.2, 0.25) is 0 Å². The van der Waals surface area contributed by atoms with E-state index >= 15 is 0 Å². The van der Waals surface area contributed by atoms with Crippen molar-refractivity contribution in [3.63, 3.8) is 0 Å². The van der Waals surface area contributed by atoms with E-state index in [0.717, 1.165) is 12.2 Å². The molecule has 0 saturated heterocycles. The van der Waals surface area contributed by atoms with Crippen LogP contribution >= 0.6 is 0 Å². The van der Waals surface area contributed by atoms with Gasteiger partial charge in [-0.15, -0.1) is 0 Å². The first-order valence-corrected chi connectivity index (χ1v) is 7.50. The number of methoxy groups -OCH3 is 1. The van der Waals surface area contributed by atoms with Crippen LogP contribution in [0.4, 0.5) is 0 Å². The van der Waals surface area contributed by atoms with Gasteiger partial charge in [0, 0.05) is 0 Å². The van der Waals surface area contributed by atoms with Gasteiger partial charge >= 0.3 is 0 Å². The second kappa shape index (κ2) is 4.82. The molecule has 0 aliphatic heterocycles. The first kappa shape index (κ1) is 13.0. The van der Waals surface area contributed by atoms with Crippen molar-refractivity contribution >= 4 is 0 Å². The first-order valence-electron chi connectivity index (χ1n) is 7.50. The van der Waals surface area contributed by atoms with Gasteiger partial charge in [0.2, 0.25) is 0 Å². The summed E-state index contributed by atoms with van der Waals surface area (Å²) in [5.74, 6) is 2.37. The number of hydrogen-bond acceptors (Lipinski definition) is 2. The van der Waals surface area contributed by atoms with Crippen molar-refractivity contribution in [2.24, 2.45) is 17.8 Å². The van der Waals surface area contributed by atoms with Crippen molar-refractivity contribution in [3.05, 3.63) is 29.8 Å². The summed E-state index contributed by atoms with van der Waals surface area (Å²) in [6, 6.07) is 8.26. The maximum atomic E-state index is 11.1. The van der Waals surface area contributed by atoms with E-state index in [1.165, 1.54) is 31.2 Å². The molecule has 0 bridgehead atoms. The zero-order chi connectivity index (χ0) is 13.5. The van der Waals surface area contributed by atoms with E-state index in [9.17, 15) is 5.11 Å². The summed E-state index contributed by atoms with van der Waals surface area (Å²) in [6.45, 7) is 2.22. The highest BCUT2D eigenvalue weighted by Crippen LogP contribution is 2.55. The monoisotopic (exact) mass is 260 g/mol. The highest BCUT2D eigenvalue weighted by atomic mass is 16.5. The minimum atomic E-state index is -0.403. The molecular formula is C17H24O2. The average Bonchev–Trinajstić information content (AvgIpc) is 3.31. The van der Waals surface area contributed by atoms with Crippen molar-refractivity contribution in [1.82, 2.24) is 0 Å². The minimum absolute atomic E-state index is 0.348. The van der Waals surface area contributed by atoms with Gasteiger partial charge in [0.05, 0.1) is 12.7 Å². The smallest absolute Gasteiger partial charge is 0.118 e. The Hall–Kier alpha value is -1.02. The SMILES string of the molecule is COc1ccc(C[C@@H](C)C(O)(C2CC2)C2CC2)cc1. The predicted octanol–water partition coefficient (Wildman–Crippen LogP) is 3.42. The molecule has 0 amide bonds. The second-order valence-corrected chi connectivity index (χ2v) is 6.39. The fourth-order valence-electron chi connectivity index (χ4n) is 3.51. The Morgan fingerprint density at radius 3 is 2.11 bits per heavy atom. The van der Waals surface area contributed by atoms with Gasteiger partial charge in [-0.25, -0.2) is 0 Å². The topological polar surface area (TPSA) is 29.5 Å². The number of ether oxygens (including phenoxy) is 1. The molecule has 0 heterocycles. The van der Waals surface area contributed by atoms with Gasteiger partial charge in [-0.05, 0) is 67.6 Å². The van der Waals surface area contributed by atoms with Crippen molar-refractivity contribution in [2.45, 2.75) is 44.6 Å². The van der Waals surface area contributed by atoms with Crippen LogP contribution in [-0.2, 0) is 6.42 Å². The Labute approximate surface area is 115 Å². The summed E-state index contributed by atoms with van der Waals surface area (Å²) in [5, 5.41) is 11.1. The first-order chi connectivity index (χ1) is 9.14. The van der Waals surface area contributed by atoms with E-state index < -0.39 is 5.60 Å². The molecule has 2 nitrogen and oxygen atoms in total. The highest BCUT2D eigenvalue weighted by Gasteiger charge is 2.55. The third-order valence-corrected chi connectivity index (χ3v) is 4.95. The van der Waals surface area contributed by atoms with Crippen LogP contribution < -0.4 is 4.74 Å². The molecule has 0 aromatic heterocycles. The molecule has 2 heteroatoms. The maximum Gasteiger partial charge on any atom is 0.118 e. The normalized spacial score (nSPS) is 21.2. The van der Waals surface area contributed by atoms with Gasteiger partial charge in [-0.1, -0.05) is 19.1 Å². The van der Waals surface area contributed by atoms with E-state index in [0.29, 0.717) is 17.8 Å². The molecule has 3 rings (SSSR count). The van der Waals surface area contributed by atoms with Gasteiger partial charge in [0.15, 0.2) is 0 Å². The lowest BCUT2D eigenvalue weighted by Crippen LogP contribution is -2.42. The molecule has 1 N–H and O–H groups in total. The van der Waals surface area contributed by atoms with Crippen molar-refractivity contribution in [3.8, 4) is 5.75 Å². The number of rotatable bonds is 6. The Morgan fingerprint density at radius 1 is 1.16 bits per heavy atom. The molecule has 19 heavy (non-hydrogen) atoms. The molecule has 2 aliphatic carbocycles. The summed E-state index contributed by atoms with van der Waals surface area (Å²) in [4.78, 5) is 0. The summed E-state index contributed by atoms with van der Waals surface area (Å²) in [6.07, 6.45) is 5.85. The summed E-state index contributed by atoms with van der Waals surface area (Å²) in [5.41, 5.74) is 0.896. The lowest BCUT2D eigenvalue weighted by Gasteiger charge is -2.35. The van der Waals surface area contributed by atoms with Crippen LogP contribution in [0.5, 0.6) is 5.75 Å². The summed E-state index contributed by atoms with van der Waals surface area (Å²) < 4.78 is 5.19. The van der Waals surface area contributed by atoms with Crippen LogP contribution in [0.3, 0.4) is 0 Å². The fourth-order valence-corrected chi connectivity index (χ4v) is 3.51. The van der Waals surface area contributed by atoms with Gasteiger partial charge in [0.25, 0.3) is 0 Å². The third-order valence-electron chi connectivity index (χ3n) is 4.95. The lowest BCUT2D eigenvalue weighted by atomic mass is 9.77. The largest absolute Gasteiger partial charge is 0.497 e. The van der Waals surface area contributed by atoms with Gasteiger partial charge in [-0.3, -0.25) is 0 Å². The quantitative estimate of drug-likeness (QED) is 0.849. The summed E-state index contributed by atoms with van der Waals surface area (Å²) >= 11 is 0. The van der Waals surface area contributed by atoms with E-state index in [2.05, 4.69) is 19.1 Å². The molecule has 0 spiro atoms. The van der Waals surface area contributed by atoms with E-state index in [1.807, 2.05) is 12.1 Å². The van der Waals surface area contributed by atoms with E-state index in [1.54, 1.807) is 7.11 Å². The zero-order valence-electron chi connectivity index (χ0n) is 11.9. The van der Waals surface area contributed by atoms with Crippen LogP contribution in [0, 0.1) is 17.8 Å². The van der Waals surface area contributed by atoms with Crippen LogP contribution in [0.25, 0.3) is 0 Å². The molecule has 0 unspecified atom stereocenters. The zero-order valence-corrected chi connectivity index (χ0v) is 11.9. The molecule has 2 fully saturated rings. The molecule has 1 atom stereocenters. The van der Waals surface area contributed by atoms with Gasteiger partial charge < -0.3 is 9.84 Å². The van der Waals surface area contributed by atoms with Crippen LogP contribution in [0.1, 0.15) is 38.2 Å². The van der Waals surface area contributed by atoms with E-state index in [-0.39, 0.29) is 0 Å². The summed E-state index contributed by atoms with van der Waals surface area (Å²) in [7, 11) is 1.69. The highest BCUT2D eigenvalue weighted by molar-refractivity contribution is 5.28. The Bertz CT molecular complexity index is 417. The minimum Gasteiger partial charge on any atom is -0.497 e. The molecule has 1 aromatic rings. The van der Waals surface area contributed by atoms with Crippen molar-refractivity contribution in [1.29, 1.82) is 0 Å². The number of hydrogen-bond donors (Lipinski definition) is 1. The van der Waals surface area contributed by atoms with Crippen LogP contribution in [-0.4, -0.2) is 17.8 Å². The molecule has 1 aromatic carbocycles. The molecule has 0 radical (unpaired) electrons. The average molecular weight is 260 g/mol. The molecule has 104 valence electrons. The molecule has 2 aliphatic rings. The fraction of sp³-hybridized carbons (Fsp3) is 0.647. The van der Waals surface area contributed by atoms with Crippen molar-refractivity contribution in [2.75, 3.05) is 7.11 Å². The Balaban J connectivity index is 1.70. The lowest BCUT2D eigenvalue weighted by molar-refractivity contribution is -0.0531. The van der Waals surface area contributed by atoms with E-state index in [4.69, 9.17) is 4.74 Å². The Morgan fingerprint density at radius 2 is 1.68 bits per heavy atom. The van der Waals surface area contributed by atoms with Crippen molar-refractivity contribution < 1.29 is 9.84 Å². The number of aliphatic hydroxyl groups is 1.